The Balaban J connectivity index is 0.00000156. The predicted molar refractivity (Wildman–Crippen MR) is 92.7 cm³/mol. The molecule has 0 radical (unpaired) electrons. The molecule has 6 heteroatoms. The van der Waals surface area contributed by atoms with Crippen molar-refractivity contribution in [3.8, 4) is 0 Å². The Hall–Kier alpha value is -1.98. The molecule has 2 atom stereocenters. The van der Waals surface area contributed by atoms with Gasteiger partial charge >= 0.3 is 0 Å². The average molecular weight is 330 g/mol. The summed E-state index contributed by atoms with van der Waals surface area (Å²) in [6.45, 7) is 2.12. The number of fused-ring (bicyclic) bond motifs is 1. The third-order valence-electron chi connectivity index (χ3n) is 4.55. The zero-order valence-electron chi connectivity index (χ0n) is 12.8. The Morgan fingerprint density at radius 2 is 2.00 bits per heavy atom. The van der Waals surface area contributed by atoms with Gasteiger partial charge in [-0.2, -0.15) is 0 Å². The van der Waals surface area contributed by atoms with E-state index in [0.717, 1.165) is 13.1 Å². The molecule has 0 unspecified atom stereocenters. The van der Waals surface area contributed by atoms with Crippen LogP contribution in [0.4, 0.5) is 0 Å². The molecule has 1 saturated heterocycles. The van der Waals surface area contributed by atoms with Crippen molar-refractivity contribution in [3.63, 3.8) is 0 Å². The topological polar surface area (TPSA) is 55.6 Å². The van der Waals surface area contributed by atoms with Gasteiger partial charge in [0, 0.05) is 6.54 Å². The standard InChI is InChI=1S/C17H19N5.ClH/c1-2-5-14-10-15(8-7-13(14)4-1)17(22-12-19-20-21-22)16-6-3-9-18-11-16;/h1-2,4-5,7-8,10,12,16-18H,3,6,9,11H2;1H/t16-,17-;/m0./s1. The molecular weight excluding hydrogens is 310 g/mol. The molecule has 4 rings (SSSR count). The number of nitrogens with one attached hydrogen (secondary N) is 1. The minimum Gasteiger partial charge on any atom is -0.316 e. The molecule has 0 bridgehead atoms. The van der Waals surface area contributed by atoms with E-state index in [9.17, 15) is 0 Å². The Labute approximate surface area is 141 Å². The van der Waals surface area contributed by atoms with Crippen molar-refractivity contribution in [1.29, 1.82) is 0 Å². The number of rotatable bonds is 3. The second-order valence-electron chi connectivity index (χ2n) is 5.95. The average Bonchev–Trinajstić information content (AvgIpc) is 3.10. The van der Waals surface area contributed by atoms with Gasteiger partial charge in [-0.15, -0.1) is 17.5 Å². The lowest BCUT2D eigenvalue weighted by Crippen LogP contribution is -2.36. The van der Waals surface area contributed by atoms with Gasteiger partial charge in [0.2, 0.25) is 0 Å². The summed E-state index contributed by atoms with van der Waals surface area (Å²) in [7, 11) is 0. The highest BCUT2D eigenvalue weighted by Crippen LogP contribution is 2.32. The fourth-order valence-electron chi connectivity index (χ4n) is 3.48. The highest BCUT2D eigenvalue weighted by Gasteiger charge is 2.27. The second-order valence-corrected chi connectivity index (χ2v) is 5.95. The van der Waals surface area contributed by atoms with Crippen LogP contribution in [0.15, 0.2) is 48.8 Å². The summed E-state index contributed by atoms with van der Waals surface area (Å²) < 4.78 is 1.90. The monoisotopic (exact) mass is 329 g/mol. The summed E-state index contributed by atoms with van der Waals surface area (Å²) in [5.41, 5.74) is 1.28. The number of hydrogen-bond acceptors (Lipinski definition) is 4. The van der Waals surface area contributed by atoms with Crippen molar-refractivity contribution >= 4 is 23.2 Å². The van der Waals surface area contributed by atoms with Crippen LogP contribution >= 0.6 is 12.4 Å². The van der Waals surface area contributed by atoms with Crippen molar-refractivity contribution in [2.75, 3.05) is 13.1 Å². The van der Waals surface area contributed by atoms with Crippen molar-refractivity contribution in [3.05, 3.63) is 54.4 Å². The first-order valence-electron chi connectivity index (χ1n) is 7.84. The lowest BCUT2D eigenvalue weighted by atomic mass is 9.86. The fourth-order valence-corrected chi connectivity index (χ4v) is 3.48. The molecule has 1 aliphatic heterocycles. The van der Waals surface area contributed by atoms with Crippen LogP contribution in [0.2, 0.25) is 0 Å². The van der Waals surface area contributed by atoms with Gasteiger partial charge in [-0.3, -0.25) is 0 Å². The molecule has 2 heterocycles. The van der Waals surface area contributed by atoms with E-state index in [2.05, 4.69) is 63.3 Å². The van der Waals surface area contributed by atoms with Crippen LogP contribution in [-0.2, 0) is 0 Å². The maximum atomic E-state index is 4.18. The number of tetrazole rings is 1. The molecule has 1 aromatic heterocycles. The zero-order valence-corrected chi connectivity index (χ0v) is 13.6. The lowest BCUT2D eigenvalue weighted by molar-refractivity contribution is 0.279. The van der Waals surface area contributed by atoms with Crippen molar-refractivity contribution in [2.45, 2.75) is 18.9 Å². The van der Waals surface area contributed by atoms with Crippen molar-refractivity contribution in [1.82, 2.24) is 25.5 Å². The normalized spacial score (nSPS) is 19.2. The Morgan fingerprint density at radius 1 is 1.13 bits per heavy atom. The zero-order chi connectivity index (χ0) is 14.8. The molecule has 0 aliphatic carbocycles. The first-order chi connectivity index (χ1) is 10.9. The Morgan fingerprint density at radius 3 is 2.74 bits per heavy atom. The minimum absolute atomic E-state index is 0. The van der Waals surface area contributed by atoms with Gasteiger partial charge in [0.1, 0.15) is 6.33 Å². The number of aromatic nitrogens is 4. The van der Waals surface area contributed by atoms with Crippen LogP contribution in [-0.4, -0.2) is 33.3 Å². The minimum atomic E-state index is 0. The van der Waals surface area contributed by atoms with Gasteiger partial charge in [0.15, 0.2) is 0 Å². The second kappa shape index (κ2) is 7.06. The third kappa shape index (κ3) is 3.21. The lowest BCUT2D eigenvalue weighted by Gasteiger charge is -2.30. The smallest absolute Gasteiger partial charge is 0.138 e. The van der Waals surface area contributed by atoms with E-state index in [1.807, 2.05) is 4.68 Å². The summed E-state index contributed by atoms with van der Waals surface area (Å²) in [6.07, 6.45) is 4.13. The molecule has 0 spiro atoms. The Bertz CT molecular complexity index is 753. The van der Waals surface area contributed by atoms with E-state index in [1.54, 1.807) is 6.33 Å². The fraction of sp³-hybridized carbons (Fsp3) is 0.353. The summed E-state index contributed by atoms with van der Waals surface area (Å²) in [5, 5.41) is 17.9. The molecule has 2 aromatic carbocycles. The van der Waals surface area contributed by atoms with Gasteiger partial charge in [0.05, 0.1) is 6.04 Å². The highest BCUT2D eigenvalue weighted by molar-refractivity contribution is 5.85. The molecule has 1 aliphatic rings. The number of piperidine rings is 1. The molecule has 0 amide bonds. The van der Waals surface area contributed by atoms with Gasteiger partial charge in [0.25, 0.3) is 0 Å². The molecule has 3 aromatic rings. The third-order valence-corrected chi connectivity index (χ3v) is 4.55. The summed E-state index contributed by atoms with van der Waals surface area (Å²) in [6, 6.07) is 15.3. The molecular formula is C17H20ClN5. The van der Waals surface area contributed by atoms with Crippen LogP contribution in [0.1, 0.15) is 24.4 Å². The largest absolute Gasteiger partial charge is 0.316 e. The molecule has 120 valence electrons. The van der Waals surface area contributed by atoms with E-state index in [0.29, 0.717) is 5.92 Å². The first kappa shape index (κ1) is 15.9. The van der Waals surface area contributed by atoms with E-state index < -0.39 is 0 Å². The molecule has 1 fully saturated rings. The number of halogens is 1. The van der Waals surface area contributed by atoms with Gasteiger partial charge in [-0.1, -0.05) is 36.4 Å². The van der Waals surface area contributed by atoms with E-state index >= 15 is 0 Å². The first-order valence-corrected chi connectivity index (χ1v) is 7.84. The maximum absolute atomic E-state index is 4.18. The van der Waals surface area contributed by atoms with Crippen LogP contribution in [0.5, 0.6) is 0 Å². The van der Waals surface area contributed by atoms with Crippen molar-refractivity contribution in [2.24, 2.45) is 5.92 Å². The van der Waals surface area contributed by atoms with Crippen LogP contribution in [0.3, 0.4) is 0 Å². The molecule has 23 heavy (non-hydrogen) atoms. The number of benzene rings is 2. The number of nitrogens with zero attached hydrogens (tertiary/aromatic N) is 4. The highest BCUT2D eigenvalue weighted by atomic mass is 35.5. The van der Waals surface area contributed by atoms with E-state index in [-0.39, 0.29) is 18.4 Å². The summed E-state index contributed by atoms with van der Waals surface area (Å²) >= 11 is 0. The summed E-state index contributed by atoms with van der Waals surface area (Å²) in [4.78, 5) is 0. The SMILES string of the molecule is Cl.c1ccc2cc([C@@H]([C@H]3CCCNC3)n3cnnn3)ccc2c1. The van der Waals surface area contributed by atoms with Crippen LogP contribution < -0.4 is 5.32 Å². The molecule has 5 nitrogen and oxygen atoms in total. The van der Waals surface area contributed by atoms with Crippen LogP contribution in [0.25, 0.3) is 10.8 Å². The molecule has 1 N–H and O–H groups in total. The van der Waals surface area contributed by atoms with Gasteiger partial charge < -0.3 is 5.32 Å². The predicted octanol–water partition coefficient (Wildman–Crippen LogP) is 2.84. The van der Waals surface area contributed by atoms with E-state index in [4.69, 9.17) is 0 Å². The quantitative estimate of drug-likeness (QED) is 0.802. The Kier molecular flexibility index (Phi) is 4.88. The maximum Gasteiger partial charge on any atom is 0.138 e. The van der Waals surface area contributed by atoms with Crippen molar-refractivity contribution < 1.29 is 0 Å². The van der Waals surface area contributed by atoms with Gasteiger partial charge in [-0.05, 0) is 58.1 Å². The molecule has 0 saturated carbocycles. The van der Waals surface area contributed by atoms with Gasteiger partial charge in [-0.25, -0.2) is 4.68 Å². The van der Waals surface area contributed by atoms with Crippen LogP contribution in [0, 0.1) is 5.92 Å². The van der Waals surface area contributed by atoms with E-state index in [1.165, 1.54) is 29.2 Å². The number of hydrogen-bond donors (Lipinski definition) is 1. The summed E-state index contributed by atoms with van der Waals surface area (Å²) in [5.74, 6) is 0.512.